The summed E-state index contributed by atoms with van der Waals surface area (Å²) < 4.78 is 5.70. The van der Waals surface area contributed by atoms with Gasteiger partial charge in [0.05, 0.1) is 5.69 Å². The summed E-state index contributed by atoms with van der Waals surface area (Å²) in [6, 6.07) is 11.0. The van der Waals surface area contributed by atoms with Gasteiger partial charge in [0.25, 0.3) is 0 Å². The van der Waals surface area contributed by atoms with Crippen molar-refractivity contribution in [2.45, 2.75) is 58.9 Å². The lowest BCUT2D eigenvalue weighted by Gasteiger charge is -2.40. The van der Waals surface area contributed by atoms with E-state index in [0.717, 1.165) is 37.1 Å². The van der Waals surface area contributed by atoms with Crippen molar-refractivity contribution >= 4 is 29.8 Å². The summed E-state index contributed by atoms with van der Waals surface area (Å²) in [6.07, 6.45) is 4.82. The first-order chi connectivity index (χ1) is 15.8. The first-order valence-corrected chi connectivity index (χ1v) is 12.1. The minimum absolute atomic E-state index is 0.0627. The molecule has 178 valence electrons. The highest BCUT2D eigenvalue weighted by molar-refractivity contribution is 6.30. The molecule has 2 aromatic rings. The fourth-order valence-electron chi connectivity index (χ4n) is 4.51. The van der Waals surface area contributed by atoms with Crippen molar-refractivity contribution in [2.75, 3.05) is 18.0 Å². The molecule has 6 nitrogen and oxygen atoms in total. The van der Waals surface area contributed by atoms with E-state index in [1.807, 2.05) is 43.0 Å². The van der Waals surface area contributed by atoms with Crippen LogP contribution in [0.2, 0.25) is 5.02 Å². The molecule has 0 radical (unpaired) electrons. The summed E-state index contributed by atoms with van der Waals surface area (Å²) >= 11 is 6.04. The quantitative estimate of drug-likeness (QED) is 0.433. The highest BCUT2D eigenvalue weighted by Gasteiger charge is 2.33. The molecule has 0 spiro atoms. The molecule has 1 unspecified atom stereocenters. The molecule has 2 heterocycles. The number of aromatic nitrogens is 1. The van der Waals surface area contributed by atoms with Gasteiger partial charge in [-0.2, -0.15) is 0 Å². The molecule has 1 saturated heterocycles. The Kier molecular flexibility index (Phi) is 8.73. The van der Waals surface area contributed by atoms with E-state index in [2.05, 4.69) is 18.8 Å². The van der Waals surface area contributed by atoms with Gasteiger partial charge in [-0.1, -0.05) is 39.3 Å². The predicted molar refractivity (Wildman–Crippen MR) is 132 cm³/mol. The summed E-state index contributed by atoms with van der Waals surface area (Å²) in [6.45, 7) is 9.60. The molecule has 1 fully saturated rings. The number of nitrogens with zero attached hydrogens (tertiary/aromatic N) is 3. The predicted octanol–water partition coefficient (Wildman–Crippen LogP) is 6.15. The molecule has 0 aliphatic carbocycles. The molecule has 1 aromatic carbocycles. The average molecular weight is 472 g/mol. The van der Waals surface area contributed by atoms with Gasteiger partial charge in [0.2, 0.25) is 6.41 Å². The van der Waals surface area contributed by atoms with E-state index < -0.39 is 0 Å². The molecule has 3 rings (SSSR count). The van der Waals surface area contributed by atoms with Gasteiger partial charge in [0, 0.05) is 36.0 Å². The van der Waals surface area contributed by atoms with Gasteiger partial charge in [-0.05, 0) is 73.4 Å². The van der Waals surface area contributed by atoms with Crippen LogP contribution in [-0.2, 0) is 4.79 Å². The normalized spacial score (nSPS) is 15.5. The van der Waals surface area contributed by atoms with Crippen LogP contribution in [0.4, 0.5) is 10.5 Å². The maximum atomic E-state index is 12.8. The van der Waals surface area contributed by atoms with E-state index in [1.54, 1.807) is 23.2 Å². The molecule has 1 aromatic heterocycles. The van der Waals surface area contributed by atoms with Crippen molar-refractivity contribution < 1.29 is 14.3 Å². The molecule has 2 amide bonds. The summed E-state index contributed by atoms with van der Waals surface area (Å²) in [7, 11) is 0. The zero-order chi connectivity index (χ0) is 24.0. The second-order valence-corrected chi connectivity index (χ2v) is 9.86. The lowest BCUT2D eigenvalue weighted by atomic mass is 9.84. The molecule has 1 aliphatic heterocycles. The average Bonchev–Trinajstić information content (AvgIpc) is 2.80. The van der Waals surface area contributed by atoms with Crippen molar-refractivity contribution in [2.24, 2.45) is 11.8 Å². The fourth-order valence-corrected chi connectivity index (χ4v) is 4.63. The number of benzene rings is 1. The number of likely N-dealkylation sites (tertiary alicyclic amines) is 1. The Labute approximate surface area is 201 Å². The van der Waals surface area contributed by atoms with E-state index in [-0.39, 0.29) is 18.1 Å². The Morgan fingerprint density at radius 3 is 2.42 bits per heavy atom. The number of hydrogen-bond donors (Lipinski definition) is 0. The zero-order valence-corrected chi connectivity index (χ0v) is 20.7. The summed E-state index contributed by atoms with van der Waals surface area (Å²) in [5.74, 6) is 1.42. The van der Waals surface area contributed by atoms with Crippen LogP contribution in [0.1, 0.15) is 58.6 Å². The largest absolute Gasteiger partial charge is 0.415 e. The second-order valence-electron chi connectivity index (χ2n) is 9.42. The third-order valence-electron chi connectivity index (χ3n) is 6.19. The van der Waals surface area contributed by atoms with Crippen LogP contribution < -0.4 is 9.64 Å². The number of anilines is 1. The van der Waals surface area contributed by atoms with Gasteiger partial charge in [-0.3, -0.25) is 9.78 Å². The Hall–Kier alpha value is -2.60. The first-order valence-electron chi connectivity index (χ1n) is 11.7. The van der Waals surface area contributed by atoms with E-state index >= 15 is 0 Å². The number of hydrogen-bond acceptors (Lipinski definition) is 4. The Morgan fingerprint density at radius 2 is 1.85 bits per heavy atom. The molecule has 0 saturated carbocycles. The summed E-state index contributed by atoms with van der Waals surface area (Å²) in [4.78, 5) is 32.9. The molecule has 1 atom stereocenters. The lowest BCUT2D eigenvalue weighted by Crippen LogP contribution is -2.47. The molecule has 33 heavy (non-hydrogen) atoms. The van der Waals surface area contributed by atoms with Crippen molar-refractivity contribution in [3.63, 3.8) is 0 Å². The van der Waals surface area contributed by atoms with Crippen LogP contribution in [0.5, 0.6) is 5.75 Å². The third-order valence-corrected chi connectivity index (χ3v) is 6.45. The Morgan fingerprint density at radius 1 is 1.18 bits per heavy atom. The molecular weight excluding hydrogens is 438 g/mol. The summed E-state index contributed by atoms with van der Waals surface area (Å²) in [5, 5.41) is 0.645. The number of ether oxygens (including phenoxy) is 1. The number of rotatable bonds is 8. The number of halogens is 1. The molecular formula is C26H34ClN3O3. The second kappa shape index (κ2) is 11.5. The molecule has 0 N–H and O–H groups in total. The third kappa shape index (κ3) is 6.47. The van der Waals surface area contributed by atoms with Crippen LogP contribution >= 0.6 is 11.6 Å². The summed E-state index contributed by atoms with van der Waals surface area (Å²) in [5.41, 5.74) is 1.63. The van der Waals surface area contributed by atoms with E-state index in [0.29, 0.717) is 35.7 Å². The number of amides is 2. The van der Waals surface area contributed by atoms with E-state index in [9.17, 15) is 9.59 Å². The first kappa shape index (κ1) is 25.0. The van der Waals surface area contributed by atoms with Gasteiger partial charge < -0.3 is 14.5 Å². The Bertz CT molecular complexity index is 925. The van der Waals surface area contributed by atoms with Crippen LogP contribution in [-0.4, -0.2) is 41.5 Å². The monoisotopic (exact) mass is 471 g/mol. The van der Waals surface area contributed by atoms with Crippen LogP contribution in [0.25, 0.3) is 0 Å². The smallest absolute Gasteiger partial charge is 0.408 e. The van der Waals surface area contributed by atoms with Gasteiger partial charge in [-0.15, -0.1) is 0 Å². The van der Waals surface area contributed by atoms with E-state index in [4.69, 9.17) is 16.3 Å². The van der Waals surface area contributed by atoms with Gasteiger partial charge in [0.15, 0.2) is 5.75 Å². The van der Waals surface area contributed by atoms with Crippen molar-refractivity contribution in [3.8, 4) is 5.75 Å². The maximum absolute atomic E-state index is 12.8. The Balaban J connectivity index is 1.68. The SMILES string of the molecule is CC(C)CC(C1CCN(C(=O)Oc2cccnc2C(C)C)CC1)N(C=O)c1ccc(Cl)cc1. The number of piperidine rings is 1. The topological polar surface area (TPSA) is 62.7 Å². The molecule has 1 aliphatic rings. The molecule has 7 heteroatoms. The van der Waals surface area contributed by atoms with Gasteiger partial charge in [-0.25, -0.2) is 4.79 Å². The number of carbonyl (C=O) groups excluding carboxylic acids is 2. The maximum Gasteiger partial charge on any atom is 0.415 e. The number of carbonyl (C=O) groups is 2. The van der Waals surface area contributed by atoms with Gasteiger partial charge in [0.1, 0.15) is 0 Å². The van der Waals surface area contributed by atoms with Crippen LogP contribution in [0, 0.1) is 11.8 Å². The zero-order valence-electron chi connectivity index (χ0n) is 19.9. The number of pyridine rings is 1. The van der Waals surface area contributed by atoms with Crippen LogP contribution in [0.3, 0.4) is 0 Å². The van der Waals surface area contributed by atoms with Gasteiger partial charge >= 0.3 is 6.09 Å². The van der Waals surface area contributed by atoms with E-state index in [1.165, 1.54) is 0 Å². The fraction of sp³-hybridized carbons (Fsp3) is 0.500. The highest BCUT2D eigenvalue weighted by Crippen LogP contribution is 2.32. The van der Waals surface area contributed by atoms with Crippen molar-refractivity contribution in [1.29, 1.82) is 0 Å². The minimum Gasteiger partial charge on any atom is -0.408 e. The highest BCUT2D eigenvalue weighted by atomic mass is 35.5. The minimum atomic E-state index is -0.339. The van der Waals surface area contributed by atoms with Crippen LogP contribution in [0.15, 0.2) is 42.6 Å². The van der Waals surface area contributed by atoms with Crippen molar-refractivity contribution in [1.82, 2.24) is 9.88 Å². The van der Waals surface area contributed by atoms with Crippen molar-refractivity contribution in [3.05, 3.63) is 53.3 Å². The molecule has 0 bridgehead atoms. The standard InChI is InChI=1S/C26H34ClN3O3/c1-18(2)16-23(30(17-31)22-9-7-21(27)8-10-22)20-11-14-29(15-12-20)26(32)33-24-6-5-13-28-25(24)19(3)4/h5-10,13,17-20,23H,11-12,14-16H2,1-4H3. The lowest BCUT2D eigenvalue weighted by molar-refractivity contribution is -0.108.